The maximum absolute atomic E-state index is 11.7. The summed E-state index contributed by atoms with van der Waals surface area (Å²) in [5.41, 5.74) is 3.37. The van der Waals surface area contributed by atoms with Crippen LogP contribution in [0.15, 0.2) is 48.8 Å². The minimum atomic E-state index is -0.346. The summed E-state index contributed by atoms with van der Waals surface area (Å²) < 4.78 is 12.7. The highest BCUT2D eigenvalue weighted by atomic mass is 16.5. The van der Waals surface area contributed by atoms with Crippen molar-refractivity contribution in [2.24, 2.45) is 0 Å². The van der Waals surface area contributed by atoms with Crippen molar-refractivity contribution in [2.75, 3.05) is 6.61 Å². The van der Waals surface area contributed by atoms with E-state index in [0.29, 0.717) is 24.5 Å². The number of imidazole rings is 1. The number of aromatic nitrogens is 2. The Hall–Kier alpha value is -2.82. The van der Waals surface area contributed by atoms with Gasteiger partial charge in [0.2, 0.25) is 0 Å². The van der Waals surface area contributed by atoms with Gasteiger partial charge in [0.05, 0.1) is 17.9 Å². The number of rotatable bonds is 5. The van der Waals surface area contributed by atoms with E-state index in [2.05, 4.69) is 4.98 Å². The van der Waals surface area contributed by atoms with E-state index in [0.717, 1.165) is 11.3 Å². The van der Waals surface area contributed by atoms with Crippen LogP contribution in [0.2, 0.25) is 0 Å². The lowest BCUT2D eigenvalue weighted by Crippen LogP contribution is -2.05. The fraction of sp³-hybridized carbons (Fsp3) is 0.222. The number of aryl methyl sites for hydroxylation is 1. The first-order chi connectivity index (χ1) is 11.2. The molecule has 0 spiro atoms. The number of benzene rings is 1. The fourth-order valence-corrected chi connectivity index (χ4v) is 2.31. The van der Waals surface area contributed by atoms with Gasteiger partial charge >= 0.3 is 5.97 Å². The van der Waals surface area contributed by atoms with E-state index in [4.69, 9.17) is 9.47 Å². The van der Waals surface area contributed by atoms with Gasteiger partial charge in [-0.1, -0.05) is 12.1 Å². The molecule has 0 N–H and O–H groups in total. The Morgan fingerprint density at radius 3 is 2.91 bits per heavy atom. The smallest absolute Gasteiger partial charge is 0.338 e. The van der Waals surface area contributed by atoms with Gasteiger partial charge in [0.25, 0.3) is 0 Å². The van der Waals surface area contributed by atoms with Gasteiger partial charge in [-0.05, 0) is 43.7 Å². The molecule has 5 heteroatoms. The van der Waals surface area contributed by atoms with Gasteiger partial charge in [-0.2, -0.15) is 0 Å². The SMILES string of the molecule is CCOC(=O)c1cccc(OCc2cn3cc(C)ccc3n2)c1. The summed E-state index contributed by atoms with van der Waals surface area (Å²) in [6.07, 6.45) is 3.96. The normalized spacial score (nSPS) is 10.7. The van der Waals surface area contributed by atoms with E-state index >= 15 is 0 Å². The Morgan fingerprint density at radius 1 is 1.22 bits per heavy atom. The van der Waals surface area contributed by atoms with Gasteiger partial charge < -0.3 is 13.9 Å². The maximum Gasteiger partial charge on any atom is 0.338 e. The van der Waals surface area contributed by atoms with Crippen LogP contribution in [0.25, 0.3) is 5.65 Å². The molecule has 0 atom stereocenters. The minimum absolute atomic E-state index is 0.340. The van der Waals surface area contributed by atoms with Gasteiger partial charge in [-0.15, -0.1) is 0 Å². The molecule has 2 aromatic heterocycles. The molecule has 118 valence electrons. The lowest BCUT2D eigenvalue weighted by molar-refractivity contribution is 0.0526. The first kappa shape index (κ1) is 15.1. The van der Waals surface area contributed by atoms with Crippen molar-refractivity contribution in [3.8, 4) is 5.75 Å². The van der Waals surface area contributed by atoms with Crippen LogP contribution >= 0.6 is 0 Å². The highest BCUT2D eigenvalue weighted by Crippen LogP contribution is 2.16. The van der Waals surface area contributed by atoms with Gasteiger partial charge in [-0.3, -0.25) is 0 Å². The zero-order valence-corrected chi connectivity index (χ0v) is 13.2. The van der Waals surface area contributed by atoms with Crippen LogP contribution in [-0.2, 0) is 11.3 Å². The summed E-state index contributed by atoms with van der Waals surface area (Å²) in [5.74, 6) is 0.268. The molecule has 1 aromatic carbocycles. The second kappa shape index (κ2) is 6.52. The summed E-state index contributed by atoms with van der Waals surface area (Å²) in [6, 6.07) is 11.0. The predicted octanol–water partition coefficient (Wildman–Crippen LogP) is 3.40. The summed E-state index contributed by atoms with van der Waals surface area (Å²) in [6.45, 7) is 4.51. The third kappa shape index (κ3) is 3.51. The zero-order chi connectivity index (χ0) is 16.2. The predicted molar refractivity (Wildman–Crippen MR) is 86.7 cm³/mol. The molecule has 23 heavy (non-hydrogen) atoms. The van der Waals surface area contributed by atoms with E-state index in [-0.39, 0.29) is 5.97 Å². The van der Waals surface area contributed by atoms with Gasteiger partial charge in [-0.25, -0.2) is 9.78 Å². The Morgan fingerprint density at radius 2 is 2.09 bits per heavy atom. The largest absolute Gasteiger partial charge is 0.487 e. The highest BCUT2D eigenvalue weighted by molar-refractivity contribution is 5.89. The van der Waals surface area contributed by atoms with Crippen LogP contribution in [0, 0.1) is 6.92 Å². The van der Waals surface area contributed by atoms with Gasteiger partial charge in [0.15, 0.2) is 0 Å². The molecule has 0 aliphatic heterocycles. The van der Waals surface area contributed by atoms with Crippen molar-refractivity contribution in [1.82, 2.24) is 9.38 Å². The first-order valence-electron chi connectivity index (χ1n) is 7.50. The molecule has 0 saturated heterocycles. The van der Waals surface area contributed by atoms with Gasteiger partial charge in [0.1, 0.15) is 18.0 Å². The molecule has 3 rings (SSSR count). The van der Waals surface area contributed by atoms with E-state index in [1.165, 1.54) is 5.56 Å². The quantitative estimate of drug-likeness (QED) is 0.678. The van der Waals surface area contributed by atoms with Crippen LogP contribution in [0.3, 0.4) is 0 Å². The molecule has 0 saturated carbocycles. The summed E-state index contributed by atoms with van der Waals surface area (Å²) >= 11 is 0. The molecule has 0 fully saturated rings. The fourth-order valence-electron chi connectivity index (χ4n) is 2.31. The van der Waals surface area contributed by atoms with Crippen LogP contribution < -0.4 is 4.74 Å². The number of carbonyl (C=O) groups is 1. The highest BCUT2D eigenvalue weighted by Gasteiger charge is 2.08. The van der Waals surface area contributed by atoms with Crippen molar-refractivity contribution in [3.05, 3.63) is 65.6 Å². The number of hydrogen-bond donors (Lipinski definition) is 0. The Kier molecular flexibility index (Phi) is 4.28. The number of pyridine rings is 1. The third-order valence-corrected chi connectivity index (χ3v) is 3.38. The number of carbonyl (C=O) groups excluding carboxylic acids is 1. The van der Waals surface area contributed by atoms with Gasteiger partial charge in [0, 0.05) is 12.4 Å². The number of hydrogen-bond acceptors (Lipinski definition) is 4. The third-order valence-electron chi connectivity index (χ3n) is 3.38. The Balaban J connectivity index is 1.71. The van der Waals surface area contributed by atoms with E-state index < -0.39 is 0 Å². The number of ether oxygens (including phenoxy) is 2. The van der Waals surface area contributed by atoms with Crippen LogP contribution in [0.5, 0.6) is 5.75 Å². The Labute approximate surface area is 134 Å². The monoisotopic (exact) mass is 310 g/mol. The number of fused-ring (bicyclic) bond motifs is 1. The second-order valence-corrected chi connectivity index (χ2v) is 5.24. The second-order valence-electron chi connectivity index (χ2n) is 5.24. The molecule has 2 heterocycles. The molecule has 0 bridgehead atoms. The van der Waals surface area contributed by atoms with Crippen molar-refractivity contribution in [3.63, 3.8) is 0 Å². The van der Waals surface area contributed by atoms with Crippen molar-refractivity contribution in [1.29, 1.82) is 0 Å². The lowest BCUT2D eigenvalue weighted by Gasteiger charge is -2.06. The Bertz CT molecular complexity index is 839. The topological polar surface area (TPSA) is 52.8 Å². The van der Waals surface area contributed by atoms with E-state index in [1.54, 1.807) is 25.1 Å². The summed E-state index contributed by atoms with van der Waals surface area (Å²) in [7, 11) is 0. The summed E-state index contributed by atoms with van der Waals surface area (Å²) in [5, 5.41) is 0. The van der Waals surface area contributed by atoms with Crippen LogP contribution in [-0.4, -0.2) is 22.0 Å². The summed E-state index contributed by atoms with van der Waals surface area (Å²) in [4.78, 5) is 16.2. The molecule has 3 aromatic rings. The zero-order valence-electron chi connectivity index (χ0n) is 13.2. The molecular weight excluding hydrogens is 292 g/mol. The first-order valence-corrected chi connectivity index (χ1v) is 7.50. The molecule has 0 aliphatic carbocycles. The van der Waals surface area contributed by atoms with Crippen LogP contribution in [0.1, 0.15) is 28.5 Å². The van der Waals surface area contributed by atoms with Crippen molar-refractivity contribution in [2.45, 2.75) is 20.5 Å². The standard InChI is InChI=1S/C18H18N2O3/c1-3-22-18(21)14-5-4-6-16(9-14)23-12-15-11-20-10-13(2)7-8-17(20)19-15/h4-11H,3,12H2,1-2H3. The molecule has 0 unspecified atom stereocenters. The molecule has 0 amide bonds. The maximum atomic E-state index is 11.7. The minimum Gasteiger partial charge on any atom is -0.487 e. The van der Waals surface area contributed by atoms with E-state index in [1.807, 2.05) is 41.9 Å². The molecule has 0 radical (unpaired) electrons. The van der Waals surface area contributed by atoms with Crippen molar-refractivity contribution < 1.29 is 14.3 Å². The average Bonchev–Trinajstić information content (AvgIpc) is 2.95. The van der Waals surface area contributed by atoms with Crippen LogP contribution in [0.4, 0.5) is 0 Å². The lowest BCUT2D eigenvalue weighted by atomic mass is 10.2. The van der Waals surface area contributed by atoms with E-state index in [9.17, 15) is 4.79 Å². The van der Waals surface area contributed by atoms with Crippen molar-refractivity contribution >= 4 is 11.6 Å². The average molecular weight is 310 g/mol. The number of esters is 1. The number of nitrogens with zero attached hydrogens (tertiary/aromatic N) is 2. The molecule has 0 aliphatic rings. The molecule has 5 nitrogen and oxygen atoms in total. The molecular formula is C18H18N2O3.